The number of thiophene rings is 1. The summed E-state index contributed by atoms with van der Waals surface area (Å²) in [6.45, 7) is 9.31. The van der Waals surface area contributed by atoms with Crippen LogP contribution in [0.3, 0.4) is 0 Å². The SMILES string of the molecule is CCN(CC)CCCC(C)NS(=O)(=O)c1ccc(Br)s1. The van der Waals surface area contributed by atoms with Gasteiger partial charge < -0.3 is 4.90 Å². The van der Waals surface area contributed by atoms with Gasteiger partial charge in [-0.1, -0.05) is 13.8 Å². The van der Waals surface area contributed by atoms with Crippen LogP contribution in [0.5, 0.6) is 0 Å². The van der Waals surface area contributed by atoms with Gasteiger partial charge in [0.2, 0.25) is 10.0 Å². The van der Waals surface area contributed by atoms with Gasteiger partial charge in [-0.25, -0.2) is 13.1 Å². The highest BCUT2D eigenvalue weighted by Crippen LogP contribution is 2.26. The summed E-state index contributed by atoms with van der Waals surface area (Å²) in [4.78, 5) is 2.34. The molecule has 0 radical (unpaired) electrons. The van der Waals surface area contributed by atoms with Crippen LogP contribution in [0.25, 0.3) is 0 Å². The molecule has 0 aromatic carbocycles. The zero-order chi connectivity index (χ0) is 15.2. The van der Waals surface area contributed by atoms with Crippen LogP contribution < -0.4 is 4.72 Å². The van der Waals surface area contributed by atoms with E-state index in [1.807, 2.05) is 6.92 Å². The van der Waals surface area contributed by atoms with E-state index in [0.29, 0.717) is 4.21 Å². The minimum atomic E-state index is -3.38. The number of halogens is 1. The second kappa shape index (κ2) is 8.48. The lowest BCUT2D eigenvalue weighted by molar-refractivity contribution is 0.293. The van der Waals surface area contributed by atoms with E-state index in [9.17, 15) is 8.42 Å². The average molecular weight is 383 g/mol. The van der Waals surface area contributed by atoms with Gasteiger partial charge in [0.25, 0.3) is 0 Å². The maximum absolute atomic E-state index is 12.1. The Labute approximate surface area is 134 Å². The minimum Gasteiger partial charge on any atom is -0.304 e. The number of rotatable bonds is 9. The predicted octanol–water partition coefficient (Wildman–Crippen LogP) is 3.30. The molecule has 1 atom stereocenters. The summed E-state index contributed by atoms with van der Waals surface area (Å²) in [5, 5.41) is 0. The van der Waals surface area contributed by atoms with E-state index < -0.39 is 10.0 Å². The van der Waals surface area contributed by atoms with Gasteiger partial charge in [0.15, 0.2) is 0 Å². The number of hydrogen-bond acceptors (Lipinski definition) is 4. The molecule has 1 heterocycles. The predicted molar refractivity (Wildman–Crippen MR) is 88.8 cm³/mol. The van der Waals surface area contributed by atoms with E-state index >= 15 is 0 Å². The molecule has 0 amide bonds. The zero-order valence-electron chi connectivity index (χ0n) is 12.2. The van der Waals surface area contributed by atoms with Crippen molar-refractivity contribution < 1.29 is 8.42 Å². The standard InChI is InChI=1S/C13H23BrN2O2S2/c1-4-16(5-2)10-6-7-11(3)15-20(17,18)13-9-8-12(14)19-13/h8-9,11,15H,4-7,10H2,1-3H3. The van der Waals surface area contributed by atoms with Crippen molar-refractivity contribution in [1.82, 2.24) is 9.62 Å². The van der Waals surface area contributed by atoms with Crippen molar-refractivity contribution in [2.75, 3.05) is 19.6 Å². The summed E-state index contributed by atoms with van der Waals surface area (Å²) in [7, 11) is -3.38. The Hall–Kier alpha value is 0.0500. The molecule has 0 aliphatic heterocycles. The monoisotopic (exact) mass is 382 g/mol. The van der Waals surface area contributed by atoms with Gasteiger partial charge >= 0.3 is 0 Å². The van der Waals surface area contributed by atoms with Gasteiger partial charge in [0.1, 0.15) is 4.21 Å². The number of nitrogens with one attached hydrogen (secondary N) is 1. The summed E-state index contributed by atoms with van der Waals surface area (Å²) in [6, 6.07) is 3.33. The Bertz CT molecular complexity index is 498. The molecule has 1 aromatic heterocycles. The quantitative estimate of drug-likeness (QED) is 0.712. The molecule has 1 aromatic rings. The number of nitrogens with zero attached hydrogens (tertiary/aromatic N) is 1. The van der Waals surface area contributed by atoms with Crippen molar-refractivity contribution in [1.29, 1.82) is 0 Å². The Morgan fingerprint density at radius 3 is 2.50 bits per heavy atom. The van der Waals surface area contributed by atoms with Crippen LogP contribution in [0, 0.1) is 0 Å². The normalized spacial score (nSPS) is 13.8. The van der Waals surface area contributed by atoms with Crippen molar-refractivity contribution in [3.63, 3.8) is 0 Å². The average Bonchev–Trinajstić information content (AvgIpc) is 2.81. The molecular weight excluding hydrogens is 360 g/mol. The molecule has 20 heavy (non-hydrogen) atoms. The van der Waals surface area contributed by atoms with Gasteiger partial charge in [-0.05, 0) is 67.5 Å². The van der Waals surface area contributed by atoms with Crippen LogP contribution in [0.1, 0.15) is 33.6 Å². The summed E-state index contributed by atoms with van der Waals surface area (Å²) >= 11 is 4.52. The molecule has 0 saturated carbocycles. The first-order valence-corrected chi connectivity index (χ1v) is 9.98. The molecule has 1 unspecified atom stereocenters. The van der Waals surface area contributed by atoms with E-state index in [0.717, 1.165) is 36.3 Å². The molecule has 4 nitrogen and oxygen atoms in total. The van der Waals surface area contributed by atoms with Gasteiger partial charge in [-0.2, -0.15) is 0 Å². The third kappa shape index (κ3) is 5.81. The lowest BCUT2D eigenvalue weighted by Crippen LogP contribution is -2.33. The molecule has 0 aliphatic rings. The summed E-state index contributed by atoms with van der Waals surface area (Å²) < 4.78 is 28.2. The van der Waals surface area contributed by atoms with Crippen LogP contribution in [0.4, 0.5) is 0 Å². The number of hydrogen-bond donors (Lipinski definition) is 1. The lowest BCUT2D eigenvalue weighted by atomic mass is 10.2. The van der Waals surface area contributed by atoms with Gasteiger partial charge in [-0.3, -0.25) is 0 Å². The van der Waals surface area contributed by atoms with Crippen LogP contribution in [0.2, 0.25) is 0 Å². The highest BCUT2D eigenvalue weighted by Gasteiger charge is 2.19. The highest BCUT2D eigenvalue weighted by molar-refractivity contribution is 9.11. The third-order valence-corrected chi connectivity index (χ3v) is 6.88. The second-order valence-corrected chi connectivity index (χ2v) is 9.15. The smallest absolute Gasteiger partial charge is 0.250 e. The summed E-state index contributed by atoms with van der Waals surface area (Å²) in [5.41, 5.74) is 0. The molecule has 0 spiro atoms. The van der Waals surface area contributed by atoms with Crippen molar-refractivity contribution in [2.24, 2.45) is 0 Å². The van der Waals surface area contributed by atoms with Gasteiger partial charge in [-0.15, -0.1) is 11.3 Å². The van der Waals surface area contributed by atoms with E-state index in [1.54, 1.807) is 12.1 Å². The second-order valence-electron chi connectivity index (χ2n) is 4.75. The Morgan fingerprint density at radius 2 is 2.00 bits per heavy atom. The van der Waals surface area contributed by atoms with Crippen molar-refractivity contribution in [3.8, 4) is 0 Å². The largest absolute Gasteiger partial charge is 0.304 e. The van der Waals surface area contributed by atoms with Crippen LogP contribution in [0.15, 0.2) is 20.1 Å². The van der Waals surface area contributed by atoms with Crippen molar-refractivity contribution >= 4 is 37.3 Å². The maximum Gasteiger partial charge on any atom is 0.250 e. The fourth-order valence-electron chi connectivity index (χ4n) is 1.98. The molecule has 0 bridgehead atoms. The Kier molecular flexibility index (Phi) is 7.68. The summed E-state index contributed by atoms with van der Waals surface area (Å²) in [5.74, 6) is 0. The topological polar surface area (TPSA) is 49.4 Å². The van der Waals surface area contributed by atoms with Crippen molar-refractivity contribution in [2.45, 2.75) is 43.9 Å². The first kappa shape index (κ1) is 18.1. The molecule has 1 N–H and O–H groups in total. The lowest BCUT2D eigenvalue weighted by Gasteiger charge is -2.19. The van der Waals surface area contributed by atoms with E-state index in [4.69, 9.17) is 0 Å². The first-order valence-electron chi connectivity index (χ1n) is 6.89. The molecule has 116 valence electrons. The molecule has 0 fully saturated rings. The van der Waals surface area contributed by atoms with Crippen LogP contribution in [-0.2, 0) is 10.0 Å². The van der Waals surface area contributed by atoms with E-state index in [1.165, 1.54) is 11.3 Å². The molecule has 0 saturated heterocycles. The van der Waals surface area contributed by atoms with E-state index in [2.05, 4.69) is 39.4 Å². The van der Waals surface area contributed by atoms with Gasteiger partial charge in [0, 0.05) is 6.04 Å². The molecular formula is C13H23BrN2O2S2. The Balaban J connectivity index is 2.44. The molecule has 7 heteroatoms. The fourth-order valence-corrected chi connectivity index (χ4v) is 5.29. The van der Waals surface area contributed by atoms with Crippen LogP contribution in [-0.4, -0.2) is 39.0 Å². The third-order valence-electron chi connectivity index (χ3n) is 3.18. The van der Waals surface area contributed by atoms with Crippen molar-refractivity contribution in [3.05, 3.63) is 15.9 Å². The highest BCUT2D eigenvalue weighted by atomic mass is 79.9. The minimum absolute atomic E-state index is 0.0450. The Morgan fingerprint density at radius 1 is 1.35 bits per heavy atom. The van der Waals surface area contributed by atoms with E-state index in [-0.39, 0.29) is 6.04 Å². The summed E-state index contributed by atoms with van der Waals surface area (Å²) in [6.07, 6.45) is 1.85. The number of sulfonamides is 1. The first-order chi connectivity index (χ1) is 9.39. The molecule has 1 rings (SSSR count). The maximum atomic E-state index is 12.1. The molecule has 0 aliphatic carbocycles. The zero-order valence-corrected chi connectivity index (χ0v) is 15.4. The van der Waals surface area contributed by atoms with Crippen LogP contribution >= 0.6 is 27.3 Å². The fraction of sp³-hybridized carbons (Fsp3) is 0.692. The van der Waals surface area contributed by atoms with Gasteiger partial charge in [0.05, 0.1) is 3.79 Å².